The summed E-state index contributed by atoms with van der Waals surface area (Å²) in [4.78, 5) is 21.8. The van der Waals surface area contributed by atoms with Gasteiger partial charge in [-0.1, -0.05) is 0 Å². The molecule has 0 radical (unpaired) electrons. The molecule has 104 valence electrons. The van der Waals surface area contributed by atoms with E-state index in [1.807, 2.05) is 0 Å². The number of sulfonamides is 1. The van der Waals surface area contributed by atoms with Crippen LogP contribution >= 0.6 is 0 Å². The molecule has 19 heavy (non-hydrogen) atoms. The largest absolute Gasteiger partial charge is 0.478 e. The third kappa shape index (κ3) is 3.68. The Morgan fingerprint density at radius 3 is 2.21 bits per heavy atom. The van der Waals surface area contributed by atoms with Crippen LogP contribution < -0.4 is 4.72 Å². The van der Waals surface area contributed by atoms with Crippen molar-refractivity contribution in [3.8, 4) is 0 Å². The maximum atomic E-state index is 11.8. The van der Waals surface area contributed by atoms with Gasteiger partial charge in [0, 0.05) is 5.69 Å². The summed E-state index contributed by atoms with van der Waals surface area (Å²) in [5, 5.41) is 7.34. The quantitative estimate of drug-likeness (QED) is 0.771. The van der Waals surface area contributed by atoms with Crippen molar-refractivity contribution < 1.29 is 27.9 Å². The lowest BCUT2D eigenvalue weighted by Crippen LogP contribution is -2.33. The third-order valence-electron chi connectivity index (χ3n) is 2.39. The summed E-state index contributed by atoms with van der Waals surface area (Å²) in [6, 6.07) is 5.10. The Kier molecular flexibility index (Phi) is 4.49. The predicted octanol–water partition coefficient (Wildman–Crippen LogP) is 0.688. The highest BCUT2D eigenvalue weighted by Gasteiger charge is 2.28. The van der Waals surface area contributed by atoms with Crippen molar-refractivity contribution in [2.75, 3.05) is 11.8 Å². The van der Waals surface area contributed by atoms with Crippen LogP contribution in [0.15, 0.2) is 24.3 Å². The van der Waals surface area contributed by atoms with E-state index in [0.29, 0.717) is 0 Å². The molecule has 1 unspecified atom stereocenters. The average Bonchev–Trinajstić information content (AvgIpc) is 2.37. The van der Waals surface area contributed by atoms with Crippen molar-refractivity contribution in [3.63, 3.8) is 0 Å². The number of carbonyl (C=O) groups excluding carboxylic acids is 1. The number of nitrogens with one attached hydrogen (secondary N) is 1. The molecule has 0 saturated heterocycles. The number of esters is 1. The maximum absolute atomic E-state index is 11.8. The molecular weight excluding hydrogens is 274 g/mol. The molecule has 0 aliphatic rings. The molecule has 0 spiro atoms. The molecule has 1 rings (SSSR count). The zero-order valence-corrected chi connectivity index (χ0v) is 11.1. The van der Waals surface area contributed by atoms with Gasteiger partial charge in [-0.15, -0.1) is 0 Å². The van der Waals surface area contributed by atoms with Crippen LogP contribution in [-0.4, -0.2) is 37.8 Å². The molecule has 0 amide bonds. The number of hydrogen-bond donors (Lipinski definition) is 2. The minimum Gasteiger partial charge on any atom is -0.478 e. The molecule has 2 N–H and O–H groups in total. The van der Waals surface area contributed by atoms with Crippen molar-refractivity contribution in [1.29, 1.82) is 0 Å². The summed E-state index contributed by atoms with van der Waals surface area (Å²) in [6.45, 7) is 1.19. The molecule has 1 aromatic carbocycles. The standard InChI is InChI=1S/C11H13NO6S/c1-7(11(15)18-2)19(16,17)12-9-5-3-8(4-6-9)10(13)14/h3-7,12H,1-2H3,(H,13,14). The van der Waals surface area contributed by atoms with Crippen LogP contribution in [0.2, 0.25) is 0 Å². The van der Waals surface area contributed by atoms with Gasteiger partial charge in [-0.2, -0.15) is 0 Å². The third-order valence-corrected chi connectivity index (χ3v) is 4.03. The van der Waals surface area contributed by atoms with Crippen LogP contribution in [0.25, 0.3) is 0 Å². The fourth-order valence-electron chi connectivity index (χ4n) is 1.23. The van der Waals surface area contributed by atoms with E-state index in [2.05, 4.69) is 9.46 Å². The van der Waals surface area contributed by atoms with Crippen molar-refractivity contribution in [3.05, 3.63) is 29.8 Å². The number of anilines is 1. The van der Waals surface area contributed by atoms with Gasteiger partial charge in [-0.25, -0.2) is 13.2 Å². The topological polar surface area (TPSA) is 110 Å². The first-order chi connectivity index (χ1) is 8.77. The van der Waals surface area contributed by atoms with Crippen LogP contribution in [0.1, 0.15) is 17.3 Å². The number of benzene rings is 1. The van der Waals surface area contributed by atoms with Gasteiger partial charge < -0.3 is 9.84 Å². The van der Waals surface area contributed by atoms with Crippen molar-refractivity contribution in [1.82, 2.24) is 0 Å². The van der Waals surface area contributed by atoms with Gasteiger partial charge in [-0.05, 0) is 31.2 Å². The minimum absolute atomic E-state index is 0.0314. The van der Waals surface area contributed by atoms with E-state index in [1.54, 1.807) is 0 Å². The SMILES string of the molecule is COC(=O)C(C)S(=O)(=O)Nc1ccc(C(=O)O)cc1. The first-order valence-electron chi connectivity index (χ1n) is 5.20. The molecular formula is C11H13NO6S. The van der Waals surface area contributed by atoms with E-state index < -0.39 is 27.2 Å². The first-order valence-corrected chi connectivity index (χ1v) is 6.75. The number of hydrogen-bond acceptors (Lipinski definition) is 5. The highest BCUT2D eigenvalue weighted by atomic mass is 32.2. The summed E-state index contributed by atoms with van der Waals surface area (Å²) < 4.78 is 30.1. The van der Waals surface area contributed by atoms with Gasteiger partial charge in [0.05, 0.1) is 12.7 Å². The molecule has 0 aliphatic carbocycles. The molecule has 1 aromatic rings. The fourth-order valence-corrected chi connectivity index (χ4v) is 2.22. The summed E-state index contributed by atoms with van der Waals surface area (Å²) in [7, 11) is -2.84. The Labute approximate surface area is 110 Å². The maximum Gasteiger partial charge on any atom is 0.335 e. The van der Waals surface area contributed by atoms with Crippen molar-refractivity contribution >= 4 is 27.6 Å². The summed E-state index contributed by atoms with van der Waals surface area (Å²) in [5.74, 6) is -1.99. The van der Waals surface area contributed by atoms with Crippen molar-refractivity contribution in [2.45, 2.75) is 12.2 Å². The van der Waals surface area contributed by atoms with E-state index in [0.717, 1.165) is 7.11 Å². The lowest BCUT2D eigenvalue weighted by molar-refractivity contribution is -0.139. The molecule has 0 saturated carbocycles. The summed E-state index contributed by atoms with van der Waals surface area (Å²) in [5.41, 5.74) is 0.199. The van der Waals surface area contributed by atoms with E-state index >= 15 is 0 Å². The Hall–Kier alpha value is -2.09. The Morgan fingerprint density at radius 1 is 1.26 bits per heavy atom. The highest BCUT2D eigenvalue weighted by Crippen LogP contribution is 2.14. The lowest BCUT2D eigenvalue weighted by atomic mass is 10.2. The Bertz CT molecular complexity index is 578. The van der Waals surface area contributed by atoms with E-state index in [1.165, 1.54) is 31.2 Å². The van der Waals surface area contributed by atoms with Gasteiger partial charge >= 0.3 is 11.9 Å². The number of methoxy groups -OCH3 is 1. The summed E-state index contributed by atoms with van der Waals surface area (Å²) in [6.07, 6.45) is 0. The predicted molar refractivity (Wildman–Crippen MR) is 67.4 cm³/mol. The fraction of sp³-hybridized carbons (Fsp3) is 0.273. The number of carbonyl (C=O) groups is 2. The van der Waals surface area contributed by atoms with Gasteiger partial charge in [0.2, 0.25) is 10.0 Å². The highest BCUT2D eigenvalue weighted by molar-refractivity contribution is 7.94. The van der Waals surface area contributed by atoms with E-state index in [4.69, 9.17) is 5.11 Å². The smallest absolute Gasteiger partial charge is 0.335 e. The number of aromatic carboxylic acids is 1. The number of carboxylic acid groups (broad SMARTS) is 1. The molecule has 7 nitrogen and oxygen atoms in total. The number of rotatable bonds is 5. The molecule has 0 bridgehead atoms. The van der Waals surface area contributed by atoms with Gasteiger partial charge in [-0.3, -0.25) is 9.52 Å². The zero-order chi connectivity index (χ0) is 14.6. The summed E-state index contributed by atoms with van der Waals surface area (Å²) >= 11 is 0. The average molecular weight is 287 g/mol. The molecule has 8 heteroatoms. The van der Waals surface area contributed by atoms with Crippen LogP contribution in [0, 0.1) is 0 Å². The molecule has 0 aromatic heterocycles. The first kappa shape index (κ1) is 15.0. The van der Waals surface area contributed by atoms with Gasteiger partial charge in [0.25, 0.3) is 0 Å². The van der Waals surface area contributed by atoms with E-state index in [-0.39, 0.29) is 11.3 Å². The second-order valence-corrected chi connectivity index (χ2v) is 5.70. The molecule has 0 fully saturated rings. The minimum atomic E-state index is -3.93. The Balaban J connectivity index is 2.90. The second-order valence-electron chi connectivity index (χ2n) is 3.69. The van der Waals surface area contributed by atoms with Gasteiger partial charge in [0.15, 0.2) is 5.25 Å². The number of ether oxygens (including phenoxy) is 1. The van der Waals surface area contributed by atoms with Crippen molar-refractivity contribution in [2.24, 2.45) is 0 Å². The van der Waals surface area contributed by atoms with Crippen LogP contribution in [0.4, 0.5) is 5.69 Å². The lowest BCUT2D eigenvalue weighted by Gasteiger charge is -2.12. The zero-order valence-electron chi connectivity index (χ0n) is 10.3. The number of carboxylic acids is 1. The second kappa shape index (κ2) is 5.70. The molecule has 0 heterocycles. The van der Waals surface area contributed by atoms with Crippen LogP contribution in [0.3, 0.4) is 0 Å². The molecule has 0 aliphatic heterocycles. The van der Waals surface area contributed by atoms with Crippen LogP contribution in [0.5, 0.6) is 0 Å². The molecule has 1 atom stereocenters. The van der Waals surface area contributed by atoms with E-state index in [9.17, 15) is 18.0 Å². The van der Waals surface area contributed by atoms with Gasteiger partial charge in [0.1, 0.15) is 0 Å². The monoisotopic (exact) mass is 287 g/mol. The Morgan fingerprint density at radius 2 is 1.79 bits per heavy atom. The van der Waals surface area contributed by atoms with Crippen LogP contribution in [-0.2, 0) is 19.6 Å². The normalized spacial score (nSPS) is 12.5.